The van der Waals surface area contributed by atoms with Crippen molar-refractivity contribution in [3.63, 3.8) is 0 Å². The second-order valence-electron chi connectivity index (χ2n) is 5.32. The van der Waals surface area contributed by atoms with Crippen LogP contribution in [0.15, 0.2) is 26.8 Å². The smallest absolute Gasteiger partial charge is 0.258 e. The van der Waals surface area contributed by atoms with Crippen molar-refractivity contribution < 1.29 is 4.74 Å². The van der Waals surface area contributed by atoms with Gasteiger partial charge in [0.15, 0.2) is 9.30 Å². The summed E-state index contributed by atoms with van der Waals surface area (Å²) < 4.78 is 7.99. The largest absolute Gasteiger partial charge is 0.376 e. The summed E-state index contributed by atoms with van der Waals surface area (Å²) in [5.41, 5.74) is 0.713. The first-order valence-corrected chi connectivity index (χ1v) is 10.2. The van der Waals surface area contributed by atoms with E-state index in [9.17, 15) is 4.79 Å². The van der Waals surface area contributed by atoms with Crippen molar-refractivity contribution in [2.45, 2.75) is 29.0 Å². The van der Waals surface area contributed by atoms with Crippen LogP contribution < -0.4 is 10.9 Å². The first-order valence-electron chi connectivity index (χ1n) is 7.55. The standard InChI is InChI=1S/C14H15N5O2S3/c20-11-6-9(16-13-19(11)3-5-22-13)8-23-14-18-17-12(24-14)15-7-10-2-1-4-21-10/h3,5-6,10H,1-2,4,7-8H2,(H,15,17)/t10-/m1/s1. The SMILES string of the molecule is O=c1cc(CSc2nnc(NC[C@H]3CCCO3)s2)nc2sccn12. The van der Waals surface area contributed by atoms with E-state index < -0.39 is 0 Å². The van der Waals surface area contributed by atoms with Gasteiger partial charge in [-0.15, -0.1) is 21.5 Å². The average Bonchev–Trinajstić information content (AvgIpc) is 3.32. The van der Waals surface area contributed by atoms with E-state index in [1.54, 1.807) is 16.7 Å². The Labute approximate surface area is 150 Å². The number of nitrogens with zero attached hydrogens (tertiary/aromatic N) is 4. The van der Waals surface area contributed by atoms with E-state index in [0.717, 1.165) is 41.2 Å². The third kappa shape index (κ3) is 3.61. The molecule has 3 aromatic rings. The Balaban J connectivity index is 1.35. The summed E-state index contributed by atoms with van der Waals surface area (Å²) in [6.07, 6.45) is 4.24. The van der Waals surface area contributed by atoms with Crippen LogP contribution in [0.5, 0.6) is 0 Å². The van der Waals surface area contributed by atoms with E-state index in [4.69, 9.17) is 4.74 Å². The summed E-state index contributed by atoms with van der Waals surface area (Å²) in [7, 11) is 0. The van der Waals surface area contributed by atoms with Crippen LogP contribution in [0.25, 0.3) is 4.96 Å². The van der Waals surface area contributed by atoms with Crippen LogP contribution >= 0.6 is 34.4 Å². The third-order valence-corrected chi connectivity index (χ3v) is 6.42. The molecule has 1 aliphatic heterocycles. The fourth-order valence-corrected chi connectivity index (χ4v) is 4.83. The Hall–Kier alpha value is -1.49. The summed E-state index contributed by atoms with van der Waals surface area (Å²) >= 11 is 4.51. The summed E-state index contributed by atoms with van der Waals surface area (Å²) in [5.74, 6) is 0.601. The minimum atomic E-state index is -0.0481. The molecule has 0 aliphatic carbocycles. The second kappa shape index (κ2) is 7.18. The van der Waals surface area contributed by atoms with E-state index in [-0.39, 0.29) is 11.7 Å². The quantitative estimate of drug-likeness (QED) is 0.657. The zero-order chi connectivity index (χ0) is 16.4. The predicted molar refractivity (Wildman–Crippen MR) is 96.3 cm³/mol. The van der Waals surface area contributed by atoms with Crippen LogP contribution in [-0.4, -0.2) is 38.8 Å². The van der Waals surface area contributed by atoms with Gasteiger partial charge in [0.25, 0.3) is 5.56 Å². The van der Waals surface area contributed by atoms with Crippen LogP contribution in [0.3, 0.4) is 0 Å². The Kier molecular flexibility index (Phi) is 4.79. The van der Waals surface area contributed by atoms with E-state index in [2.05, 4.69) is 20.5 Å². The van der Waals surface area contributed by atoms with Gasteiger partial charge in [-0.25, -0.2) is 4.98 Å². The molecule has 4 heterocycles. The molecule has 0 saturated carbocycles. The molecule has 24 heavy (non-hydrogen) atoms. The van der Waals surface area contributed by atoms with Crippen molar-refractivity contribution in [2.75, 3.05) is 18.5 Å². The van der Waals surface area contributed by atoms with Crippen molar-refractivity contribution in [1.29, 1.82) is 0 Å². The van der Waals surface area contributed by atoms with Gasteiger partial charge in [-0.05, 0) is 12.8 Å². The lowest BCUT2D eigenvalue weighted by Gasteiger charge is -2.08. The number of nitrogens with one attached hydrogen (secondary N) is 1. The number of rotatable bonds is 6. The fraction of sp³-hybridized carbons (Fsp3) is 0.429. The molecular weight excluding hydrogens is 366 g/mol. The lowest BCUT2D eigenvalue weighted by atomic mass is 10.2. The van der Waals surface area contributed by atoms with Crippen LogP contribution in [-0.2, 0) is 10.5 Å². The highest BCUT2D eigenvalue weighted by molar-refractivity contribution is 8.00. The fourth-order valence-electron chi connectivity index (χ4n) is 2.44. The zero-order valence-corrected chi connectivity index (χ0v) is 15.1. The average molecular weight is 382 g/mol. The van der Waals surface area contributed by atoms with Gasteiger partial charge >= 0.3 is 0 Å². The van der Waals surface area contributed by atoms with Gasteiger partial charge in [0, 0.05) is 36.5 Å². The topological polar surface area (TPSA) is 81.4 Å². The number of thiazole rings is 1. The van der Waals surface area contributed by atoms with Gasteiger partial charge in [0.05, 0.1) is 11.8 Å². The van der Waals surface area contributed by atoms with Crippen molar-refractivity contribution in [3.8, 4) is 0 Å². The Morgan fingerprint density at radius 3 is 3.29 bits per heavy atom. The molecule has 4 rings (SSSR count). The molecule has 1 saturated heterocycles. The summed E-state index contributed by atoms with van der Waals surface area (Å²) in [6, 6.07) is 1.57. The molecule has 1 aliphatic rings. The van der Waals surface area contributed by atoms with Gasteiger partial charge in [0.2, 0.25) is 5.13 Å². The molecule has 0 amide bonds. The molecule has 7 nitrogen and oxygen atoms in total. The molecule has 1 fully saturated rings. The normalized spacial score (nSPS) is 17.6. The molecule has 3 aromatic heterocycles. The Bertz CT molecular complexity index is 884. The monoisotopic (exact) mass is 381 g/mol. The third-order valence-electron chi connectivity index (χ3n) is 3.61. The van der Waals surface area contributed by atoms with Crippen molar-refractivity contribution in [3.05, 3.63) is 33.7 Å². The minimum absolute atomic E-state index is 0.0481. The molecule has 0 bridgehead atoms. The van der Waals surface area contributed by atoms with Crippen LogP contribution in [0.4, 0.5) is 5.13 Å². The first-order chi connectivity index (χ1) is 11.8. The molecule has 0 spiro atoms. The summed E-state index contributed by atoms with van der Waals surface area (Å²) in [4.78, 5) is 17.2. The highest BCUT2D eigenvalue weighted by atomic mass is 32.2. The number of thioether (sulfide) groups is 1. The molecule has 1 atom stereocenters. The van der Waals surface area contributed by atoms with Crippen LogP contribution in [0.2, 0.25) is 0 Å². The minimum Gasteiger partial charge on any atom is -0.376 e. The lowest BCUT2D eigenvalue weighted by molar-refractivity contribution is 0.120. The van der Waals surface area contributed by atoms with Gasteiger partial charge in [-0.1, -0.05) is 23.1 Å². The maximum atomic E-state index is 12.0. The molecule has 0 aromatic carbocycles. The van der Waals surface area contributed by atoms with E-state index in [1.807, 2.05) is 5.38 Å². The molecular formula is C14H15N5O2S3. The van der Waals surface area contributed by atoms with Gasteiger partial charge in [0.1, 0.15) is 0 Å². The number of fused-ring (bicyclic) bond motifs is 1. The molecule has 0 unspecified atom stereocenters. The van der Waals surface area contributed by atoms with E-state index in [1.165, 1.54) is 34.4 Å². The Morgan fingerprint density at radius 2 is 2.42 bits per heavy atom. The number of hydrogen-bond donors (Lipinski definition) is 1. The maximum absolute atomic E-state index is 12.0. The highest BCUT2D eigenvalue weighted by Crippen LogP contribution is 2.28. The van der Waals surface area contributed by atoms with E-state index >= 15 is 0 Å². The molecule has 0 radical (unpaired) electrons. The van der Waals surface area contributed by atoms with Crippen molar-refractivity contribution in [1.82, 2.24) is 19.6 Å². The van der Waals surface area contributed by atoms with Crippen molar-refractivity contribution >= 4 is 44.5 Å². The number of aromatic nitrogens is 4. The summed E-state index contributed by atoms with van der Waals surface area (Å²) in [5, 5.41) is 14.2. The highest BCUT2D eigenvalue weighted by Gasteiger charge is 2.16. The van der Waals surface area contributed by atoms with Gasteiger partial charge < -0.3 is 10.1 Å². The van der Waals surface area contributed by atoms with Gasteiger partial charge in [-0.2, -0.15) is 0 Å². The van der Waals surface area contributed by atoms with Crippen molar-refractivity contribution in [2.24, 2.45) is 0 Å². The number of hydrogen-bond acceptors (Lipinski definition) is 9. The Morgan fingerprint density at radius 1 is 1.46 bits per heavy atom. The van der Waals surface area contributed by atoms with E-state index in [0.29, 0.717) is 10.7 Å². The second-order valence-corrected chi connectivity index (χ2v) is 8.39. The maximum Gasteiger partial charge on any atom is 0.258 e. The zero-order valence-electron chi connectivity index (χ0n) is 12.7. The first kappa shape index (κ1) is 16.0. The molecule has 1 N–H and O–H groups in total. The molecule has 126 valence electrons. The molecule has 10 heteroatoms. The van der Waals surface area contributed by atoms with Crippen LogP contribution in [0, 0.1) is 0 Å². The predicted octanol–water partition coefficient (Wildman–Crippen LogP) is 2.49. The number of ether oxygens (including phenoxy) is 1. The number of anilines is 1. The van der Waals surface area contributed by atoms with Crippen LogP contribution in [0.1, 0.15) is 18.5 Å². The summed E-state index contributed by atoms with van der Waals surface area (Å²) in [6.45, 7) is 1.62. The van der Waals surface area contributed by atoms with Gasteiger partial charge in [-0.3, -0.25) is 9.20 Å². The lowest BCUT2D eigenvalue weighted by Crippen LogP contribution is -2.18.